The van der Waals surface area contributed by atoms with Gasteiger partial charge in [-0.2, -0.15) is 0 Å². The first-order chi connectivity index (χ1) is 7.49. The Morgan fingerprint density at radius 2 is 1.75 bits per heavy atom. The minimum Gasteiger partial charge on any atom is -0.497 e. The molecule has 1 aromatic rings. The number of ether oxygens (including phenoxy) is 1. The number of aliphatic hydroxyl groups is 1. The largest absolute Gasteiger partial charge is 0.497 e. The molecule has 0 saturated heterocycles. The summed E-state index contributed by atoms with van der Waals surface area (Å²) in [5.74, 6) is 1.25. The number of benzene rings is 1. The number of rotatable bonds is 4. The molecule has 0 fully saturated rings. The average molecular weight is 222 g/mol. The van der Waals surface area contributed by atoms with Crippen molar-refractivity contribution >= 4 is 0 Å². The van der Waals surface area contributed by atoms with Crippen molar-refractivity contribution in [3.8, 4) is 5.75 Å². The van der Waals surface area contributed by atoms with Gasteiger partial charge in [0.25, 0.3) is 0 Å². The van der Waals surface area contributed by atoms with Crippen molar-refractivity contribution in [3.05, 3.63) is 29.8 Å². The Morgan fingerprint density at radius 1 is 1.19 bits per heavy atom. The van der Waals surface area contributed by atoms with Crippen molar-refractivity contribution in [1.82, 2.24) is 0 Å². The van der Waals surface area contributed by atoms with Crippen LogP contribution in [0.15, 0.2) is 24.3 Å². The van der Waals surface area contributed by atoms with Gasteiger partial charge in [0.1, 0.15) is 5.75 Å². The average Bonchev–Trinajstić information content (AvgIpc) is 2.25. The molecule has 16 heavy (non-hydrogen) atoms. The summed E-state index contributed by atoms with van der Waals surface area (Å²) in [5.41, 5.74) is 1.43. The van der Waals surface area contributed by atoms with Crippen LogP contribution in [0, 0.1) is 5.41 Å². The molecule has 0 aliphatic carbocycles. The SMILES string of the molecule is COc1ccc(C(CCO)C(C)(C)C)cc1. The molecule has 90 valence electrons. The number of methoxy groups -OCH3 is 1. The molecule has 2 heteroatoms. The molecule has 2 nitrogen and oxygen atoms in total. The monoisotopic (exact) mass is 222 g/mol. The molecule has 0 radical (unpaired) electrons. The first-order valence-corrected chi connectivity index (χ1v) is 5.74. The topological polar surface area (TPSA) is 29.5 Å². The second-order valence-electron chi connectivity index (χ2n) is 5.20. The van der Waals surface area contributed by atoms with Crippen LogP contribution in [0.4, 0.5) is 0 Å². The molecule has 0 heterocycles. The van der Waals surface area contributed by atoms with E-state index in [0.717, 1.165) is 12.2 Å². The van der Waals surface area contributed by atoms with Crippen molar-refractivity contribution < 1.29 is 9.84 Å². The first-order valence-electron chi connectivity index (χ1n) is 5.74. The van der Waals surface area contributed by atoms with Crippen LogP contribution < -0.4 is 4.74 Å². The second-order valence-corrected chi connectivity index (χ2v) is 5.20. The van der Waals surface area contributed by atoms with Crippen LogP contribution in [0.2, 0.25) is 0 Å². The molecule has 0 aliphatic heterocycles. The van der Waals surface area contributed by atoms with Gasteiger partial charge >= 0.3 is 0 Å². The number of aliphatic hydroxyl groups excluding tert-OH is 1. The van der Waals surface area contributed by atoms with Crippen molar-refractivity contribution in [2.24, 2.45) is 5.41 Å². The smallest absolute Gasteiger partial charge is 0.118 e. The summed E-state index contributed by atoms with van der Waals surface area (Å²) in [5, 5.41) is 9.14. The Morgan fingerprint density at radius 3 is 2.12 bits per heavy atom. The van der Waals surface area contributed by atoms with E-state index in [0.29, 0.717) is 5.92 Å². The molecule has 0 bridgehead atoms. The predicted octanol–water partition coefficient (Wildman–Crippen LogP) is 3.21. The molecule has 0 amide bonds. The molecule has 1 rings (SSSR count). The molecule has 0 spiro atoms. The summed E-state index contributed by atoms with van der Waals surface area (Å²) in [6.45, 7) is 6.85. The highest BCUT2D eigenvalue weighted by Crippen LogP contribution is 2.37. The predicted molar refractivity (Wildman–Crippen MR) is 66.9 cm³/mol. The minimum atomic E-state index is 0.164. The third-order valence-corrected chi connectivity index (χ3v) is 2.98. The van der Waals surface area contributed by atoms with Gasteiger partial charge in [-0.1, -0.05) is 32.9 Å². The van der Waals surface area contributed by atoms with Crippen molar-refractivity contribution in [2.75, 3.05) is 13.7 Å². The molecular weight excluding hydrogens is 200 g/mol. The summed E-state index contributed by atoms with van der Waals surface area (Å²) in [7, 11) is 1.67. The standard InChI is InChI=1S/C14H22O2/c1-14(2,3)13(9-10-15)11-5-7-12(16-4)8-6-11/h5-8,13,15H,9-10H2,1-4H3. The lowest BCUT2D eigenvalue weighted by Gasteiger charge is -2.30. The minimum absolute atomic E-state index is 0.164. The molecule has 1 unspecified atom stereocenters. The Kier molecular flexibility index (Phi) is 4.36. The van der Waals surface area contributed by atoms with E-state index in [-0.39, 0.29) is 12.0 Å². The van der Waals surface area contributed by atoms with Gasteiger partial charge < -0.3 is 9.84 Å². The zero-order chi connectivity index (χ0) is 12.2. The fourth-order valence-electron chi connectivity index (χ4n) is 2.06. The Bertz CT molecular complexity index is 309. The van der Waals surface area contributed by atoms with E-state index in [1.165, 1.54) is 5.56 Å². The lowest BCUT2D eigenvalue weighted by molar-refractivity contribution is 0.223. The van der Waals surface area contributed by atoms with Gasteiger partial charge in [0.15, 0.2) is 0 Å². The van der Waals surface area contributed by atoms with Gasteiger partial charge in [-0.15, -0.1) is 0 Å². The summed E-state index contributed by atoms with van der Waals surface area (Å²) >= 11 is 0. The van der Waals surface area contributed by atoms with Gasteiger partial charge in [0, 0.05) is 6.61 Å². The Labute approximate surface area is 98.3 Å². The highest BCUT2D eigenvalue weighted by molar-refractivity contribution is 5.30. The first kappa shape index (κ1) is 13.0. The second kappa shape index (κ2) is 5.35. The lowest BCUT2D eigenvalue weighted by atomic mass is 9.75. The summed E-state index contributed by atoms with van der Waals surface area (Å²) in [6, 6.07) is 8.13. The van der Waals surface area contributed by atoms with Gasteiger partial charge in [-0.05, 0) is 35.4 Å². The Hall–Kier alpha value is -1.02. The van der Waals surface area contributed by atoms with E-state index in [1.807, 2.05) is 12.1 Å². The molecular formula is C14H22O2. The van der Waals surface area contributed by atoms with Crippen LogP contribution >= 0.6 is 0 Å². The number of hydrogen-bond acceptors (Lipinski definition) is 2. The molecule has 1 N–H and O–H groups in total. The van der Waals surface area contributed by atoms with Crippen LogP contribution in [-0.4, -0.2) is 18.8 Å². The van der Waals surface area contributed by atoms with E-state index in [2.05, 4.69) is 32.9 Å². The maximum Gasteiger partial charge on any atom is 0.118 e. The Balaban J connectivity index is 2.93. The van der Waals surface area contributed by atoms with Crippen molar-refractivity contribution in [3.63, 3.8) is 0 Å². The summed E-state index contributed by atoms with van der Waals surface area (Å²) in [4.78, 5) is 0. The van der Waals surface area contributed by atoms with Gasteiger partial charge in [-0.25, -0.2) is 0 Å². The van der Waals surface area contributed by atoms with E-state index in [9.17, 15) is 0 Å². The third kappa shape index (κ3) is 3.24. The van der Waals surface area contributed by atoms with Crippen molar-refractivity contribution in [2.45, 2.75) is 33.1 Å². The third-order valence-electron chi connectivity index (χ3n) is 2.98. The van der Waals surface area contributed by atoms with Crippen molar-refractivity contribution in [1.29, 1.82) is 0 Å². The highest BCUT2D eigenvalue weighted by atomic mass is 16.5. The van der Waals surface area contributed by atoms with Crippen LogP contribution in [0.3, 0.4) is 0 Å². The highest BCUT2D eigenvalue weighted by Gasteiger charge is 2.25. The fourth-order valence-corrected chi connectivity index (χ4v) is 2.06. The fraction of sp³-hybridized carbons (Fsp3) is 0.571. The maximum absolute atomic E-state index is 9.14. The van der Waals surface area contributed by atoms with E-state index < -0.39 is 0 Å². The van der Waals surface area contributed by atoms with Crippen LogP contribution in [0.1, 0.15) is 38.7 Å². The normalized spacial score (nSPS) is 13.6. The molecule has 0 saturated carbocycles. The quantitative estimate of drug-likeness (QED) is 0.847. The van der Waals surface area contributed by atoms with Gasteiger partial charge in [-0.3, -0.25) is 0 Å². The van der Waals surface area contributed by atoms with Gasteiger partial charge in [0.05, 0.1) is 7.11 Å². The molecule has 1 aromatic carbocycles. The van der Waals surface area contributed by atoms with Crippen LogP contribution in [0.25, 0.3) is 0 Å². The van der Waals surface area contributed by atoms with E-state index in [1.54, 1.807) is 7.11 Å². The van der Waals surface area contributed by atoms with Gasteiger partial charge in [0.2, 0.25) is 0 Å². The zero-order valence-corrected chi connectivity index (χ0v) is 10.7. The lowest BCUT2D eigenvalue weighted by Crippen LogP contribution is -2.19. The summed E-state index contributed by atoms with van der Waals surface area (Å²) < 4.78 is 5.15. The molecule has 1 atom stereocenters. The summed E-state index contributed by atoms with van der Waals surface area (Å²) in [6.07, 6.45) is 0.801. The molecule has 0 aromatic heterocycles. The van der Waals surface area contributed by atoms with E-state index >= 15 is 0 Å². The maximum atomic E-state index is 9.14. The van der Waals surface area contributed by atoms with Crippen LogP contribution in [-0.2, 0) is 0 Å². The van der Waals surface area contributed by atoms with Crippen LogP contribution in [0.5, 0.6) is 5.75 Å². The zero-order valence-electron chi connectivity index (χ0n) is 10.7. The molecule has 0 aliphatic rings. The number of hydrogen-bond donors (Lipinski definition) is 1. The van der Waals surface area contributed by atoms with E-state index in [4.69, 9.17) is 9.84 Å².